The van der Waals surface area contributed by atoms with Crippen molar-refractivity contribution in [2.24, 2.45) is 0 Å². The SMILES string of the molecule is CCC(C)(C)N(C(=O)C(Cc1ccccc1)NC(=O)OC(C)(C)C)C(C(=O)NC(C)C)c1ccc(C)cc1C. The molecule has 2 N–H and O–H groups in total. The Labute approximate surface area is 234 Å². The number of aryl methyl sites for hydroxylation is 2. The van der Waals surface area contributed by atoms with Crippen LogP contribution in [-0.4, -0.2) is 46.0 Å². The molecule has 0 spiro atoms. The van der Waals surface area contributed by atoms with Crippen LogP contribution < -0.4 is 10.6 Å². The van der Waals surface area contributed by atoms with Crippen molar-refractivity contribution >= 4 is 17.9 Å². The Bertz CT molecular complexity index is 1140. The first-order valence-corrected chi connectivity index (χ1v) is 13.8. The summed E-state index contributed by atoms with van der Waals surface area (Å²) in [6.45, 7) is 19.0. The van der Waals surface area contributed by atoms with Gasteiger partial charge in [-0.15, -0.1) is 0 Å². The van der Waals surface area contributed by atoms with Gasteiger partial charge < -0.3 is 20.3 Å². The van der Waals surface area contributed by atoms with E-state index in [9.17, 15) is 14.4 Å². The zero-order chi connectivity index (χ0) is 29.5. The second-order valence-corrected chi connectivity index (χ2v) is 12.2. The summed E-state index contributed by atoms with van der Waals surface area (Å²) >= 11 is 0. The van der Waals surface area contributed by atoms with Crippen LogP contribution in [0.25, 0.3) is 0 Å². The molecule has 0 fully saturated rings. The van der Waals surface area contributed by atoms with Gasteiger partial charge in [-0.1, -0.05) is 61.0 Å². The van der Waals surface area contributed by atoms with Crippen molar-refractivity contribution in [2.75, 3.05) is 0 Å². The molecule has 0 aliphatic rings. The van der Waals surface area contributed by atoms with E-state index in [0.29, 0.717) is 6.42 Å². The van der Waals surface area contributed by atoms with E-state index in [2.05, 4.69) is 10.6 Å². The average Bonchev–Trinajstić information content (AvgIpc) is 2.81. The quantitative estimate of drug-likeness (QED) is 0.388. The van der Waals surface area contributed by atoms with Crippen molar-refractivity contribution in [3.05, 3.63) is 70.8 Å². The first-order valence-electron chi connectivity index (χ1n) is 13.8. The van der Waals surface area contributed by atoms with Crippen molar-refractivity contribution in [1.82, 2.24) is 15.5 Å². The maximum Gasteiger partial charge on any atom is 0.408 e. The van der Waals surface area contributed by atoms with Crippen molar-refractivity contribution in [2.45, 2.75) is 111 Å². The Morgan fingerprint density at radius 1 is 0.923 bits per heavy atom. The summed E-state index contributed by atoms with van der Waals surface area (Å²) < 4.78 is 5.53. The molecule has 2 atom stereocenters. The van der Waals surface area contributed by atoms with Crippen LogP contribution in [0.2, 0.25) is 0 Å². The molecule has 39 heavy (non-hydrogen) atoms. The minimum absolute atomic E-state index is 0.118. The van der Waals surface area contributed by atoms with Gasteiger partial charge in [0.25, 0.3) is 0 Å². The Morgan fingerprint density at radius 2 is 1.54 bits per heavy atom. The molecule has 0 saturated carbocycles. The lowest BCUT2D eigenvalue weighted by Crippen LogP contribution is -2.60. The zero-order valence-corrected chi connectivity index (χ0v) is 25.3. The third kappa shape index (κ3) is 9.12. The van der Waals surface area contributed by atoms with Crippen LogP contribution in [-0.2, 0) is 20.7 Å². The molecule has 0 aliphatic heterocycles. The van der Waals surface area contributed by atoms with Gasteiger partial charge >= 0.3 is 6.09 Å². The predicted octanol–water partition coefficient (Wildman–Crippen LogP) is 6.02. The third-order valence-electron chi connectivity index (χ3n) is 6.68. The van der Waals surface area contributed by atoms with E-state index in [1.54, 1.807) is 25.7 Å². The van der Waals surface area contributed by atoms with E-state index in [4.69, 9.17) is 4.74 Å². The fraction of sp³-hybridized carbons (Fsp3) is 0.531. The van der Waals surface area contributed by atoms with Gasteiger partial charge in [-0.25, -0.2) is 4.79 Å². The number of nitrogens with zero attached hydrogens (tertiary/aromatic N) is 1. The molecule has 0 heterocycles. The van der Waals surface area contributed by atoms with Crippen LogP contribution in [0.4, 0.5) is 4.79 Å². The fourth-order valence-corrected chi connectivity index (χ4v) is 4.51. The van der Waals surface area contributed by atoms with Gasteiger partial charge in [0.05, 0.1) is 0 Å². The summed E-state index contributed by atoms with van der Waals surface area (Å²) in [4.78, 5) is 43.1. The standard InChI is InChI=1S/C32H47N3O4/c1-11-32(9,10)35(27(28(36)33-21(2)3)25-18-17-22(4)19-23(25)5)29(37)26(20-24-15-13-12-14-16-24)34-30(38)39-31(6,7)8/h12-19,21,26-27H,11,20H2,1-10H3,(H,33,36)(H,34,38). The molecule has 0 bridgehead atoms. The normalized spacial score (nSPS) is 13.4. The number of nitrogens with one attached hydrogen (secondary N) is 2. The van der Waals surface area contributed by atoms with Crippen LogP contribution in [0.5, 0.6) is 0 Å². The molecule has 2 aromatic carbocycles. The summed E-state index contributed by atoms with van der Waals surface area (Å²) in [6.07, 6.45) is 0.168. The second kappa shape index (κ2) is 13.1. The van der Waals surface area contributed by atoms with Gasteiger partial charge in [0.1, 0.15) is 17.7 Å². The number of carbonyl (C=O) groups is 3. The fourth-order valence-electron chi connectivity index (χ4n) is 4.51. The molecule has 0 aliphatic carbocycles. The first kappa shape index (κ1) is 31.9. The minimum atomic E-state index is -0.951. The molecule has 3 amide bonds. The molecule has 2 rings (SSSR count). The molecule has 0 saturated heterocycles. The van der Waals surface area contributed by atoms with Gasteiger partial charge in [-0.2, -0.15) is 0 Å². The Hall–Kier alpha value is -3.35. The topological polar surface area (TPSA) is 87.7 Å². The minimum Gasteiger partial charge on any atom is -0.444 e. The average molecular weight is 538 g/mol. The van der Waals surface area contributed by atoms with Crippen LogP contribution in [0.3, 0.4) is 0 Å². The van der Waals surface area contributed by atoms with E-state index in [-0.39, 0.29) is 24.3 Å². The summed E-state index contributed by atoms with van der Waals surface area (Å²) in [7, 11) is 0. The van der Waals surface area contributed by atoms with Gasteiger partial charge in [-0.05, 0) is 85.4 Å². The summed E-state index contributed by atoms with van der Waals surface area (Å²) in [5, 5.41) is 5.85. The highest BCUT2D eigenvalue weighted by Gasteiger charge is 2.43. The van der Waals surface area contributed by atoms with Crippen molar-refractivity contribution in [3.63, 3.8) is 0 Å². The molecule has 0 radical (unpaired) electrons. The van der Waals surface area contributed by atoms with Gasteiger partial charge in [0.15, 0.2) is 0 Å². The number of hydrogen-bond acceptors (Lipinski definition) is 4. The van der Waals surface area contributed by atoms with Crippen LogP contribution in [0, 0.1) is 13.8 Å². The Morgan fingerprint density at radius 3 is 2.05 bits per heavy atom. The van der Waals surface area contributed by atoms with E-state index in [1.165, 1.54) is 0 Å². The number of carbonyl (C=O) groups excluding carboxylic acids is 3. The summed E-state index contributed by atoms with van der Waals surface area (Å²) in [5.41, 5.74) is 2.19. The van der Waals surface area contributed by atoms with E-state index in [1.807, 2.05) is 97.0 Å². The van der Waals surface area contributed by atoms with Crippen LogP contribution >= 0.6 is 0 Å². The van der Waals surface area contributed by atoms with E-state index >= 15 is 0 Å². The Balaban J connectivity index is 2.69. The number of ether oxygens (including phenoxy) is 1. The molecule has 0 aromatic heterocycles. The van der Waals surface area contributed by atoms with Crippen molar-refractivity contribution < 1.29 is 19.1 Å². The zero-order valence-electron chi connectivity index (χ0n) is 25.3. The lowest BCUT2D eigenvalue weighted by molar-refractivity contribution is -0.149. The highest BCUT2D eigenvalue weighted by Crippen LogP contribution is 2.34. The molecule has 2 aromatic rings. The highest BCUT2D eigenvalue weighted by atomic mass is 16.6. The number of rotatable bonds is 10. The summed E-state index contributed by atoms with van der Waals surface area (Å²) in [6, 6.07) is 13.5. The molecule has 214 valence electrons. The number of benzene rings is 2. The summed E-state index contributed by atoms with van der Waals surface area (Å²) in [5.74, 6) is -0.608. The van der Waals surface area contributed by atoms with Gasteiger partial charge in [0.2, 0.25) is 11.8 Å². The molecular weight excluding hydrogens is 490 g/mol. The second-order valence-electron chi connectivity index (χ2n) is 12.2. The smallest absolute Gasteiger partial charge is 0.408 e. The van der Waals surface area contributed by atoms with Crippen LogP contribution in [0.15, 0.2) is 48.5 Å². The van der Waals surface area contributed by atoms with E-state index < -0.39 is 29.3 Å². The molecule has 7 heteroatoms. The monoisotopic (exact) mass is 537 g/mol. The maximum atomic E-state index is 14.6. The maximum absolute atomic E-state index is 14.6. The number of hydrogen-bond donors (Lipinski definition) is 2. The van der Waals surface area contributed by atoms with Gasteiger partial charge in [-0.3, -0.25) is 9.59 Å². The number of amides is 3. The highest BCUT2D eigenvalue weighted by molar-refractivity contribution is 5.93. The predicted molar refractivity (Wildman–Crippen MR) is 156 cm³/mol. The van der Waals surface area contributed by atoms with Crippen molar-refractivity contribution in [1.29, 1.82) is 0 Å². The van der Waals surface area contributed by atoms with E-state index in [0.717, 1.165) is 22.3 Å². The molecule has 7 nitrogen and oxygen atoms in total. The molecule has 2 unspecified atom stereocenters. The third-order valence-corrected chi connectivity index (χ3v) is 6.68. The first-order chi connectivity index (χ1) is 18.1. The number of alkyl carbamates (subject to hydrolysis) is 1. The molecular formula is C32H47N3O4. The van der Waals surface area contributed by atoms with Crippen molar-refractivity contribution in [3.8, 4) is 0 Å². The Kier molecular flexibility index (Phi) is 10.7. The lowest BCUT2D eigenvalue weighted by Gasteiger charge is -2.45. The van der Waals surface area contributed by atoms with Gasteiger partial charge in [0, 0.05) is 18.0 Å². The lowest BCUT2D eigenvalue weighted by atomic mass is 9.89. The van der Waals surface area contributed by atoms with Crippen LogP contribution in [0.1, 0.15) is 90.1 Å². The largest absolute Gasteiger partial charge is 0.444 e.